The van der Waals surface area contributed by atoms with Gasteiger partial charge >= 0.3 is 5.97 Å². The van der Waals surface area contributed by atoms with Gasteiger partial charge in [0.15, 0.2) is 5.60 Å². The van der Waals surface area contributed by atoms with E-state index >= 15 is 0 Å². The fourth-order valence-corrected chi connectivity index (χ4v) is 5.35. The molecule has 1 saturated carbocycles. The van der Waals surface area contributed by atoms with Crippen LogP contribution in [0.25, 0.3) is 0 Å². The van der Waals surface area contributed by atoms with Crippen molar-refractivity contribution in [3.8, 4) is 0 Å². The van der Waals surface area contributed by atoms with Gasteiger partial charge in [0.1, 0.15) is 12.7 Å². The van der Waals surface area contributed by atoms with Gasteiger partial charge in [0.05, 0.1) is 12.5 Å². The number of aromatic nitrogens is 3. The van der Waals surface area contributed by atoms with Crippen molar-refractivity contribution in [2.24, 2.45) is 23.7 Å². The van der Waals surface area contributed by atoms with E-state index in [0.29, 0.717) is 12.5 Å². The van der Waals surface area contributed by atoms with Crippen LogP contribution in [0, 0.1) is 23.7 Å². The smallest absolute Gasteiger partial charge is 0.313 e. The summed E-state index contributed by atoms with van der Waals surface area (Å²) in [6, 6.07) is 0. The number of rotatable bonds is 2. The van der Waals surface area contributed by atoms with Crippen molar-refractivity contribution >= 4 is 5.97 Å². The Kier molecular flexibility index (Phi) is 3.30. The topological polar surface area (TPSA) is 84.7 Å². The van der Waals surface area contributed by atoms with E-state index in [-0.39, 0.29) is 23.7 Å². The van der Waals surface area contributed by atoms with Crippen LogP contribution in [-0.2, 0) is 30.6 Å². The van der Waals surface area contributed by atoms with Gasteiger partial charge in [-0.1, -0.05) is 6.92 Å². The average Bonchev–Trinajstić information content (AvgIpc) is 2.99. The molecule has 4 saturated heterocycles. The standard InChI is InChI=1S/C17H23N3O5/c1-10-3-4-13-11(7-20-9-18-8-19-20)14(21)22-15-17(13)12(10)5-6-16(2,23-15)24-25-17/h8-13,15H,3-7H2,1-2H3/t10-,11+,12+,13+,15-,16-,17-/m1/s1. The largest absolute Gasteiger partial charge is 0.432 e. The van der Waals surface area contributed by atoms with Crippen LogP contribution in [0.5, 0.6) is 0 Å². The minimum atomic E-state index is -0.851. The third-order valence-electron chi connectivity index (χ3n) is 6.64. The quantitative estimate of drug-likeness (QED) is 0.593. The Balaban J connectivity index is 1.57. The molecule has 7 atom stereocenters. The lowest BCUT2D eigenvalue weighted by molar-refractivity contribution is -0.559. The minimum Gasteiger partial charge on any atom is -0.432 e. The van der Waals surface area contributed by atoms with Gasteiger partial charge in [-0.15, -0.1) is 0 Å². The first-order valence-electron chi connectivity index (χ1n) is 9.09. The van der Waals surface area contributed by atoms with Crippen LogP contribution in [0.2, 0.25) is 0 Å². The fourth-order valence-electron chi connectivity index (χ4n) is 5.35. The Morgan fingerprint density at radius 3 is 2.96 bits per heavy atom. The van der Waals surface area contributed by atoms with E-state index in [1.807, 2.05) is 6.92 Å². The summed E-state index contributed by atoms with van der Waals surface area (Å²) < 4.78 is 13.6. The second-order valence-corrected chi connectivity index (χ2v) is 8.07. The van der Waals surface area contributed by atoms with Gasteiger partial charge in [0.25, 0.3) is 0 Å². The number of esters is 1. The molecule has 1 spiro atoms. The van der Waals surface area contributed by atoms with Crippen molar-refractivity contribution in [3.63, 3.8) is 0 Å². The van der Waals surface area contributed by atoms with Crippen molar-refractivity contribution in [2.45, 2.75) is 63.8 Å². The van der Waals surface area contributed by atoms with Gasteiger partial charge in [0, 0.05) is 18.3 Å². The van der Waals surface area contributed by atoms with Gasteiger partial charge in [-0.3, -0.25) is 9.48 Å². The van der Waals surface area contributed by atoms with Crippen molar-refractivity contribution in [1.29, 1.82) is 0 Å². The molecule has 8 nitrogen and oxygen atoms in total. The second kappa shape index (κ2) is 5.25. The molecule has 0 amide bonds. The van der Waals surface area contributed by atoms with Crippen LogP contribution in [0.4, 0.5) is 0 Å². The van der Waals surface area contributed by atoms with Crippen LogP contribution in [0.15, 0.2) is 12.7 Å². The normalized spacial score (nSPS) is 48.6. The lowest BCUT2D eigenvalue weighted by atomic mass is 9.58. The highest BCUT2D eigenvalue weighted by molar-refractivity contribution is 5.74. The summed E-state index contributed by atoms with van der Waals surface area (Å²) in [6.07, 6.45) is 6.01. The lowest BCUT2D eigenvalue weighted by Crippen LogP contribution is -2.70. The molecule has 6 rings (SSSR count). The second-order valence-electron chi connectivity index (χ2n) is 8.07. The van der Waals surface area contributed by atoms with Crippen LogP contribution < -0.4 is 0 Å². The van der Waals surface area contributed by atoms with Gasteiger partial charge in [0.2, 0.25) is 12.1 Å². The zero-order chi connectivity index (χ0) is 17.2. The highest BCUT2D eigenvalue weighted by atomic mass is 17.3. The summed E-state index contributed by atoms with van der Waals surface area (Å²) in [5, 5.41) is 4.15. The summed E-state index contributed by atoms with van der Waals surface area (Å²) in [5.74, 6) is -0.753. The molecule has 1 aliphatic carbocycles. The Morgan fingerprint density at radius 2 is 2.16 bits per heavy atom. The van der Waals surface area contributed by atoms with Gasteiger partial charge < -0.3 is 9.47 Å². The zero-order valence-corrected chi connectivity index (χ0v) is 14.5. The third-order valence-corrected chi connectivity index (χ3v) is 6.64. The van der Waals surface area contributed by atoms with E-state index in [2.05, 4.69) is 17.0 Å². The molecule has 1 aromatic heterocycles. The van der Waals surface area contributed by atoms with Crippen LogP contribution >= 0.6 is 0 Å². The highest BCUT2D eigenvalue weighted by Crippen LogP contribution is 2.59. The van der Waals surface area contributed by atoms with Crippen LogP contribution in [0.1, 0.15) is 39.5 Å². The van der Waals surface area contributed by atoms with Gasteiger partial charge in [-0.05, 0) is 32.1 Å². The zero-order valence-electron chi connectivity index (χ0n) is 14.5. The van der Waals surface area contributed by atoms with Crippen LogP contribution in [-0.4, -0.2) is 38.4 Å². The van der Waals surface area contributed by atoms with E-state index < -0.39 is 17.7 Å². The third kappa shape index (κ3) is 2.14. The maximum atomic E-state index is 12.8. The molecule has 1 aromatic rings. The predicted octanol–water partition coefficient (Wildman–Crippen LogP) is 1.67. The van der Waals surface area contributed by atoms with Crippen LogP contribution in [0.3, 0.4) is 0 Å². The molecule has 5 aliphatic rings. The number of nitrogens with zero attached hydrogens (tertiary/aromatic N) is 3. The van der Waals surface area contributed by atoms with Crippen molar-refractivity contribution in [1.82, 2.24) is 14.8 Å². The molecular formula is C17H23N3O5. The SMILES string of the molecule is C[C@@H]1CC[C@H]2[C@H](Cn3cncn3)C(=O)O[C@@H]3O[C@@]4(C)CC[C@@H]1[C@]32OO4. The van der Waals surface area contributed by atoms with Crippen molar-refractivity contribution in [2.75, 3.05) is 0 Å². The predicted molar refractivity (Wildman–Crippen MR) is 82.4 cm³/mol. The first-order chi connectivity index (χ1) is 12.0. The minimum absolute atomic E-state index is 0.0215. The molecular weight excluding hydrogens is 326 g/mol. The number of carbonyl (C=O) groups excluding carboxylic acids is 1. The number of carbonyl (C=O) groups is 1. The summed E-state index contributed by atoms with van der Waals surface area (Å²) in [5.41, 5.74) is -0.729. The molecule has 25 heavy (non-hydrogen) atoms. The lowest BCUT2D eigenvalue weighted by Gasteiger charge is -2.58. The molecule has 5 heterocycles. The Bertz CT molecular complexity index is 682. The molecule has 2 bridgehead atoms. The summed E-state index contributed by atoms with van der Waals surface area (Å²) in [7, 11) is 0. The number of hydrogen-bond donors (Lipinski definition) is 0. The molecule has 0 radical (unpaired) electrons. The fraction of sp³-hybridized carbons (Fsp3) is 0.824. The molecule has 0 aromatic carbocycles. The van der Waals surface area contributed by atoms with E-state index in [4.69, 9.17) is 19.2 Å². The van der Waals surface area contributed by atoms with E-state index in [9.17, 15) is 4.79 Å². The maximum Gasteiger partial charge on any atom is 0.313 e. The first kappa shape index (κ1) is 15.7. The Hall–Kier alpha value is -1.51. The molecule has 4 aliphatic heterocycles. The summed E-state index contributed by atoms with van der Waals surface area (Å²) >= 11 is 0. The number of fused-ring (bicyclic) bond motifs is 2. The molecule has 0 unspecified atom stereocenters. The molecule has 136 valence electrons. The Morgan fingerprint density at radius 1 is 1.28 bits per heavy atom. The van der Waals surface area contributed by atoms with E-state index in [1.54, 1.807) is 11.0 Å². The molecule has 5 fully saturated rings. The maximum absolute atomic E-state index is 12.8. The van der Waals surface area contributed by atoms with Crippen molar-refractivity contribution in [3.05, 3.63) is 12.7 Å². The summed E-state index contributed by atoms with van der Waals surface area (Å²) in [6.45, 7) is 4.53. The van der Waals surface area contributed by atoms with E-state index in [0.717, 1.165) is 25.7 Å². The molecule has 8 heteroatoms. The van der Waals surface area contributed by atoms with Crippen molar-refractivity contribution < 1.29 is 24.0 Å². The van der Waals surface area contributed by atoms with E-state index in [1.165, 1.54) is 6.33 Å². The first-order valence-corrected chi connectivity index (χ1v) is 9.09. The van der Waals surface area contributed by atoms with Gasteiger partial charge in [-0.25, -0.2) is 14.8 Å². The average molecular weight is 349 g/mol. The molecule has 0 N–H and O–H groups in total. The highest BCUT2D eigenvalue weighted by Gasteiger charge is 2.70. The number of hydrogen-bond acceptors (Lipinski definition) is 7. The monoisotopic (exact) mass is 349 g/mol. The Labute approximate surface area is 145 Å². The van der Waals surface area contributed by atoms with Gasteiger partial charge in [-0.2, -0.15) is 5.10 Å². The summed E-state index contributed by atoms with van der Waals surface area (Å²) in [4.78, 5) is 28.5. The number of ether oxygens (including phenoxy) is 2.